The summed E-state index contributed by atoms with van der Waals surface area (Å²) in [4.78, 5) is 26.8. The standard InChI is InChI=1S/C27H35N3O3/c1-8-23(32)29-18-10-9-16-14-30(25(28)19(16)13-18)15-22(31)17-11-20(26(2,3)4)24(33)21(12-17)27(5,6)7/h9-13,28,33H,8,14-15H2,1-7H3,(H,29,32). The van der Waals surface area contributed by atoms with Gasteiger partial charge in [-0.3, -0.25) is 15.0 Å². The van der Waals surface area contributed by atoms with Crippen LogP contribution in [0.3, 0.4) is 0 Å². The smallest absolute Gasteiger partial charge is 0.224 e. The van der Waals surface area contributed by atoms with Crippen LogP contribution in [-0.2, 0) is 22.2 Å². The summed E-state index contributed by atoms with van der Waals surface area (Å²) in [6.45, 7) is 14.4. The lowest BCUT2D eigenvalue weighted by atomic mass is 9.78. The predicted molar refractivity (Wildman–Crippen MR) is 132 cm³/mol. The Hall–Kier alpha value is -3.15. The minimum absolute atomic E-state index is 0.0715. The molecule has 0 aliphatic carbocycles. The fraction of sp³-hybridized carbons (Fsp3) is 0.444. The topological polar surface area (TPSA) is 93.5 Å². The first-order valence-corrected chi connectivity index (χ1v) is 11.4. The summed E-state index contributed by atoms with van der Waals surface area (Å²) in [5.41, 5.74) is 3.73. The van der Waals surface area contributed by atoms with Crippen LogP contribution in [-0.4, -0.2) is 34.1 Å². The number of phenolic OH excluding ortho intramolecular Hbond substituents is 1. The van der Waals surface area contributed by atoms with E-state index in [2.05, 4.69) is 5.32 Å². The van der Waals surface area contributed by atoms with Gasteiger partial charge in [-0.2, -0.15) is 0 Å². The average Bonchev–Trinajstić information content (AvgIpc) is 3.01. The van der Waals surface area contributed by atoms with Crippen LogP contribution in [0.5, 0.6) is 5.75 Å². The molecule has 1 aliphatic rings. The molecule has 2 aromatic rings. The van der Waals surface area contributed by atoms with Crippen molar-refractivity contribution >= 4 is 23.2 Å². The molecule has 6 nitrogen and oxygen atoms in total. The maximum atomic E-state index is 13.3. The zero-order valence-electron chi connectivity index (χ0n) is 20.7. The molecule has 176 valence electrons. The SMILES string of the molecule is CCC(=O)Nc1ccc2c(c1)C(=N)N(CC(=O)c1cc(C(C)(C)C)c(O)c(C(C)(C)C)c1)C2. The lowest BCUT2D eigenvalue weighted by molar-refractivity contribution is -0.115. The Morgan fingerprint density at radius 2 is 1.61 bits per heavy atom. The second kappa shape index (κ2) is 8.65. The Kier molecular flexibility index (Phi) is 6.42. The van der Waals surface area contributed by atoms with Crippen LogP contribution in [0.4, 0.5) is 5.69 Å². The molecule has 0 saturated heterocycles. The maximum Gasteiger partial charge on any atom is 0.224 e. The van der Waals surface area contributed by atoms with Gasteiger partial charge in [0, 0.05) is 40.9 Å². The molecule has 1 heterocycles. The molecular formula is C27H35N3O3. The molecular weight excluding hydrogens is 414 g/mol. The first-order valence-electron chi connectivity index (χ1n) is 11.4. The van der Waals surface area contributed by atoms with Gasteiger partial charge in [-0.25, -0.2) is 0 Å². The van der Waals surface area contributed by atoms with Crippen molar-refractivity contribution in [3.05, 3.63) is 58.1 Å². The van der Waals surface area contributed by atoms with Crippen molar-refractivity contribution in [2.45, 2.75) is 72.3 Å². The summed E-state index contributed by atoms with van der Waals surface area (Å²) in [6.07, 6.45) is 0.384. The largest absolute Gasteiger partial charge is 0.507 e. The first-order chi connectivity index (χ1) is 15.2. The summed E-state index contributed by atoms with van der Waals surface area (Å²) in [5.74, 6) is 0.345. The number of hydrogen-bond donors (Lipinski definition) is 3. The lowest BCUT2D eigenvalue weighted by Crippen LogP contribution is -2.30. The number of amides is 1. The molecule has 0 spiro atoms. The van der Waals surface area contributed by atoms with E-state index in [-0.39, 0.29) is 40.7 Å². The second-order valence-corrected chi connectivity index (χ2v) is 10.8. The predicted octanol–water partition coefficient (Wildman–Crippen LogP) is 5.36. The molecule has 0 radical (unpaired) electrons. The first kappa shape index (κ1) is 24.5. The number of Topliss-reactive ketones (excluding diaryl/α,β-unsaturated/α-hetero) is 1. The van der Waals surface area contributed by atoms with E-state index in [0.717, 1.165) is 22.3 Å². The maximum absolute atomic E-state index is 13.3. The summed E-state index contributed by atoms with van der Waals surface area (Å²) >= 11 is 0. The van der Waals surface area contributed by atoms with Crippen molar-refractivity contribution in [3.63, 3.8) is 0 Å². The summed E-state index contributed by atoms with van der Waals surface area (Å²) in [7, 11) is 0. The van der Waals surface area contributed by atoms with Gasteiger partial charge >= 0.3 is 0 Å². The van der Waals surface area contributed by atoms with Crippen molar-refractivity contribution in [1.82, 2.24) is 4.90 Å². The van der Waals surface area contributed by atoms with Crippen molar-refractivity contribution < 1.29 is 14.7 Å². The van der Waals surface area contributed by atoms with Crippen LogP contribution in [0.25, 0.3) is 0 Å². The molecule has 0 aromatic heterocycles. The monoisotopic (exact) mass is 449 g/mol. The number of nitrogens with zero attached hydrogens (tertiary/aromatic N) is 1. The zero-order valence-corrected chi connectivity index (χ0v) is 20.7. The normalized spacial score (nSPS) is 13.8. The van der Waals surface area contributed by atoms with Crippen LogP contribution in [0, 0.1) is 5.41 Å². The van der Waals surface area contributed by atoms with E-state index in [1.165, 1.54) is 0 Å². The lowest BCUT2D eigenvalue weighted by Gasteiger charge is -2.28. The molecule has 2 aromatic carbocycles. The quantitative estimate of drug-likeness (QED) is 0.536. The van der Waals surface area contributed by atoms with Gasteiger partial charge in [0.15, 0.2) is 5.78 Å². The summed E-state index contributed by atoms with van der Waals surface area (Å²) in [5, 5.41) is 22.4. The van der Waals surface area contributed by atoms with Gasteiger partial charge in [0.1, 0.15) is 11.6 Å². The Bertz CT molecular complexity index is 1090. The van der Waals surface area contributed by atoms with Gasteiger partial charge in [-0.1, -0.05) is 54.5 Å². The molecule has 33 heavy (non-hydrogen) atoms. The van der Waals surface area contributed by atoms with Crippen LogP contribution >= 0.6 is 0 Å². The molecule has 0 bridgehead atoms. The summed E-state index contributed by atoms with van der Waals surface area (Å²) < 4.78 is 0. The van der Waals surface area contributed by atoms with Crippen molar-refractivity contribution in [2.75, 3.05) is 11.9 Å². The average molecular weight is 450 g/mol. The summed E-state index contributed by atoms with van der Waals surface area (Å²) in [6, 6.07) is 9.10. The highest BCUT2D eigenvalue weighted by Gasteiger charge is 2.30. The number of anilines is 1. The highest BCUT2D eigenvalue weighted by atomic mass is 16.3. The number of hydrogen-bond acceptors (Lipinski definition) is 4. The fourth-order valence-corrected chi connectivity index (χ4v) is 4.06. The third kappa shape index (κ3) is 5.10. The van der Waals surface area contributed by atoms with E-state index >= 15 is 0 Å². The molecule has 1 amide bonds. The Labute approximate surface area is 196 Å². The van der Waals surface area contributed by atoms with Gasteiger partial charge in [0.2, 0.25) is 5.91 Å². The van der Waals surface area contributed by atoms with Gasteiger partial charge in [-0.05, 0) is 40.7 Å². The highest BCUT2D eigenvalue weighted by molar-refractivity contribution is 6.06. The van der Waals surface area contributed by atoms with Crippen molar-refractivity contribution in [1.29, 1.82) is 5.41 Å². The van der Waals surface area contributed by atoms with E-state index in [0.29, 0.717) is 24.2 Å². The van der Waals surface area contributed by atoms with E-state index in [1.807, 2.05) is 53.7 Å². The number of fused-ring (bicyclic) bond motifs is 1. The van der Waals surface area contributed by atoms with Crippen LogP contribution < -0.4 is 5.32 Å². The van der Waals surface area contributed by atoms with Crippen LogP contribution in [0.15, 0.2) is 30.3 Å². The van der Waals surface area contributed by atoms with E-state index < -0.39 is 0 Å². The van der Waals surface area contributed by atoms with E-state index in [4.69, 9.17) is 5.41 Å². The molecule has 0 fully saturated rings. The third-order valence-corrected chi connectivity index (χ3v) is 6.03. The second-order valence-electron chi connectivity index (χ2n) is 10.8. The Morgan fingerprint density at radius 3 is 2.12 bits per heavy atom. The number of phenols is 1. The molecule has 6 heteroatoms. The number of aromatic hydroxyl groups is 1. The number of rotatable bonds is 5. The van der Waals surface area contributed by atoms with Crippen molar-refractivity contribution in [3.8, 4) is 5.75 Å². The van der Waals surface area contributed by atoms with Gasteiger partial charge in [0.05, 0.1) is 6.54 Å². The fourth-order valence-electron chi connectivity index (χ4n) is 4.06. The number of carbonyl (C=O) groups is 2. The number of carbonyl (C=O) groups excluding carboxylic acids is 2. The minimum Gasteiger partial charge on any atom is -0.507 e. The number of nitrogens with one attached hydrogen (secondary N) is 2. The number of ketones is 1. The highest BCUT2D eigenvalue weighted by Crippen LogP contribution is 2.40. The Morgan fingerprint density at radius 1 is 1.03 bits per heavy atom. The van der Waals surface area contributed by atoms with Crippen LogP contribution in [0.1, 0.15) is 87.5 Å². The molecule has 1 aliphatic heterocycles. The van der Waals surface area contributed by atoms with Gasteiger partial charge in [0.25, 0.3) is 0 Å². The number of benzene rings is 2. The van der Waals surface area contributed by atoms with Crippen molar-refractivity contribution in [2.24, 2.45) is 0 Å². The van der Waals surface area contributed by atoms with E-state index in [9.17, 15) is 14.7 Å². The number of amidine groups is 1. The third-order valence-electron chi connectivity index (χ3n) is 6.03. The van der Waals surface area contributed by atoms with Gasteiger partial charge < -0.3 is 15.3 Å². The molecule has 0 saturated carbocycles. The molecule has 0 atom stereocenters. The Balaban J connectivity index is 1.88. The minimum atomic E-state index is -0.323. The van der Waals surface area contributed by atoms with E-state index in [1.54, 1.807) is 30.0 Å². The zero-order chi connectivity index (χ0) is 24.7. The molecule has 0 unspecified atom stereocenters. The van der Waals surface area contributed by atoms with Gasteiger partial charge in [-0.15, -0.1) is 0 Å². The van der Waals surface area contributed by atoms with Crippen LogP contribution in [0.2, 0.25) is 0 Å². The molecule has 3 rings (SSSR count). The molecule has 3 N–H and O–H groups in total.